The fourth-order valence-electron chi connectivity index (χ4n) is 3.58. The molecule has 3 aromatic carbocycles. The number of nitrogens with zero attached hydrogens (tertiary/aromatic N) is 2. The van der Waals surface area contributed by atoms with E-state index in [4.69, 9.17) is 14.8 Å². The van der Waals surface area contributed by atoms with Gasteiger partial charge in [-0.25, -0.2) is 9.78 Å². The van der Waals surface area contributed by atoms with Gasteiger partial charge < -0.3 is 14.4 Å². The Labute approximate surface area is 185 Å². The number of hydrogen-bond acceptors (Lipinski definition) is 4. The van der Waals surface area contributed by atoms with Crippen LogP contribution in [0.1, 0.15) is 24.7 Å². The Kier molecular flexibility index (Phi) is 6.57. The molecule has 0 saturated heterocycles. The molecule has 0 atom stereocenters. The van der Waals surface area contributed by atoms with Crippen LogP contribution in [0, 0.1) is 0 Å². The third-order valence-corrected chi connectivity index (χ3v) is 6.16. The van der Waals surface area contributed by atoms with E-state index in [-0.39, 0.29) is 0 Å². The average Bonchev–Trinajstić information content (AvgIpc) is 3.12. The molecule has 0 radical (unpaired) electrons. The molecule has 1 aromatic heterocycles. The summed E-state index contributed by atoms with van der Waals surface area (Å²) in [5.74, 6) is 3.43. The van der Waals surface area contributed by atoms with Gasteiger partial charge in [-0.2, -0.15) is 11.8 Å². The largest absolute Gasteiger partial charge is 0.511 e. The summed E-state index contributed by atoms with van der Waals surface area (Å²) >= 11 is 1.91. The highest BCUT2D eigenvalue weighted by Crippen LogP contribution is 2.30. The molecule has 31 heavy (non-hydrogen) atoms. The van der Waals surface area contributed by atoms with E-state index in [9.17, 15) is 4.79 Å². The maximum atomic E-state index is 11.0. The van der Waals surface area contributed by atoms with Crippen LogP contribution in [-0.2, 0) is 12.3 Å². The first-order valence-corrected chi connectivity index (χ1v) is 11.4. The number of rotatable bonds is 8. The van der Waals surface area contributed by atoms with E-state index in [1.54, 1.807) is 12.1 Å². The minimum Gasteiger partial charge on any atom is -0.449 e. The van der Waals surface area contributed by atoms with Gasteiger partial charge in [0, 0.05) is 12.1 Å². The first kappa shape index (κ1) is 21.0. The van der Waals surface area contributed by atoms with Crippen LogP contribution in [0.4, 0.5) is 4.79 Å². The number of hydrogen-bond donors (Lipinski definition) is 1. The molecule has 158 valence electrons. The van der Waals surface area contributed by atoms with Crippen LogP contribution < -0.4 is 4.74 Å². The van der Waals surface area contributed by atoms with E-state index in [1.807, 2.05) is 48.2 Å². The molecule has 4 aromatic rings. The van der Waals surface area contributed by atoms with Crippen LogP contribution >= 0.6 is 11.8 Å². The summed E-state index contributed by atoms with van der Waals surface area (Å²) in [4.78, 5) is 15.8. The van der Waals surface area contributed by atoms with Gasteiger partial charge in [0.05, 0.1) is 16.8 Å². The number of ether oxygens (including phenoxy) is 1. The SMILES string of the molecule is CCCSCc1nc2ccccc2n1Cc1ccc(-c2ccccc2OC(=O)O)cc1. The lowest BCUT2D eigenvalue weighted by Gasteiger charge is -2.11. The Hall–Kier alpha value is -3.25. The van der Waals surface area contributed by atoms with Crippen molar-refractivity contribution in [1.29, 1.82) is 0 Å². The second-order valence-corrected chi connectivity index (χ2v) is 8.32. The zero-order chi connectivity index (χ0) is 21.6. The number of fused-ring (bicyclic) bond motifs is 1. The maximum absolute atomic E-state index is 11.0. The molecule has 0 fully saturated rings. The molecule has 0 spiro atoms. The topological polar surface area (TPSA) is 64.4 Å². The number of imidazole rings is 1. The minimum absolute atomic E-state index is 0.332. The quantitative estimate of drug-likeness (QED) is 0.197. The molecule has 0 saturated carbocycles. The fraction of sp³-hybridized carbons (Fsp3) is 0.200. The third kappa shape index (κ3) is 4.91. The van der Waals surface area contributed by atoms with Crippen molar-refractivity contribution >= 4 is 29.0 Å². The van der Waals surface area contributed by atoms with Crippen molar-refractivity contribution in [2.75, 3.05) is 5.75 Å². The Morgan fingerprint density at radius 3 is 2.55 bits per heavy atom. The summed E-state index contributed by atoms with van der Waals surface area (Å²) in [6.07, 6.45) is -0.163. The first-order valence-electron chi connectivity index (χ1n) is 10.3. The van der Waals surface area contributed by atoms with E-state index in [0.29, 0.717) is 5.75 Å². The van der Waals surface area contributed by atoms with Gasteiger partial charge in [0.15, 0.2) is 0 Å². The zero-order valence-corrected chi connectivity index (χ0v) is 18.1. The molecule has 0 unspecified atom stereocenters. The van der Waals surface area contributed by atoms with Crippen LogP contribution in [0.25, 0.3) is 22.2 Å². The molecule has 0 aliphatic rings. The zero-order valence-electron chi connectivity index (χ0n) is 17.3. The standard InChI is InChI=1S/C25H24N2O3S/c1-2-15-31-17-24-26-21-8-4-5-9-22(21)27(24)16-18-11-13-19(14-12-18)20-7-3-6-10-23(20)30-25(28)29/h3-14H,2,15-17H2,1H3,(H,28,29). The Balaban J connectivity index is 1.61. The Morgan fingerprint density at radius 2 is 1.77 bits per heavy atom. The van der Waals surface area contributed by atoms with Crippen molar-refractivity contribution < 1.29 is 14.6 Å². The molecule has 5 nitrogen and oxygen atoms in total. The molecule has 1 N–H and O–H groups in total. The van der Waals surface area contributed by atoms with E-state index in [0.717, 1.165) is 58.0 Å². The van der Waals surface area contributed by atoms with Gasteiger partial charge in [0.25, 0.3) is 0 Å². The van der Waals surface area contributed by atoms with Crippen molar-refractivity contribution in [2.45, 2.75) is 25.6 Å². The summed E-state index contributed by atoms with van der Waals surface area (Å²) < 4.78 is 7.21. The van der Waals surface area contributed by atoms with Crippen molar-refractivity contribution in [1.82, 2.24) is 9.55 Å². The van der Waals surface area contributed by atoms with Gasteiger partial charge in [-0.05, 0) is 41.5 Å². The number of aromatic nitrogens is 2. The monoisotopic (exact) mass is 432 g/mol. The summed E-state index contributed by atoms with van der Waals surface area (Å²) in [6.45, 7) is 2.92. The molecular formula is C25H24N2O3S. The predicted molar refractivity (Wildman–Crippen MR) is 126 cm³/mol. The van der Waals surface area contributed by atoms with Crippen molar-refractivity contribution in [3.63, 3.8) is 0 Å². The number of para-hydroxylation sites is 3. The number of carboxylic acid groups (broad SMARTS) is 1. The Bertz CT molecular complexity index is 1190. The molecule has 6 heteroatoms. The highest BCUT2D eigenvalue weighted by atomic mass is 32.2. The first-order chi connectivity index (χ1) is 15.2. The van der Waals surface area contributed by atoms with Gasteiger partial charge in [-0.15, -0.1) is 0 Å². The molecule has 4 rings (SSSR count). The van der Waals surface area contributed by atoms with Crippen LogP contribution in [0.2, 0.25) is 0 Å². The van der Waals surface area contributed by atoms with Crippen LogP contribution in [0.3, 0.4) is 0 Å². The number of benzene rings is 3. The normalized spacial score (nSPS) is 11.0. The fourth-order valence-corrected chi connectivity index (χ4v) is 4.42. The Morgan fingerprint density at radius 1 is 1.03 bits per heavy atom. The molecule has 1 heterocycles. The minimum atomic E-state index is -1.32. The van der Waals surface area contributed by atoms with Gasteiger partial charge in [0.2, 0.25) is 0 Å². The summed E-state index contributed by atoms with van der Waals surface area (Å²) in [5.41, 5.74) is 4.98. The smallest absolute Gasteiger partial charge is 0.449 e. The highest BCUT2D eigenvalue weighted by molar-refractivity contribution is 7.98. The lowest BCUT2D eigenvalue weighted by atomic mass is 10.0. The summed E-state index contributed by atoms with van der Waals surface area (Å²) in [5, 5.41) is 8.98. The second-order valence-electron chi connectivity index (χ2n) is 7.22. The van der Waals surface area contributed by atoms with E-state index in [1.165, 1.54) is 0 Å². The van der Waals surface area contributed by atoms with Crippen LogP contribution in [0.5, 0.6) is 5.75 Å². The molecule has 0 bridgehead atoms. The lowest BCUT2D eigenvalue weighted by molar-refractivity contribution is 0.144. The third-order valence-electron chi connectivity index (χ3n) is 5.00. The van der Waals surface area contributed by atoms with Crippen molar-refractivity contribution in [3.05, 3.63) is 84.2 Å². The van der Waals surface area contributed by atoms with E-state index < -0.39 is 6.16 Å². The molecule has 0 amide bonds. The van der Waals surface area contributed by atoms with Crippen LogP contribution in [-0.4, -0.2) is 26.6 Å². The van der Waals surface area contributed by atoms with Gasteiger partial charge in [-0.1, -0.05) is 61.5 Å². The average molecular weight is 433 g/mol. The van der Waals surface area contributed by atoms with Crippen molar-refractivity contribution in [3.8, 4) is 16.9 Å². The number of thioether (sulfide) groups is 1. The summed E-state index contributed by atoms with van der Waals surface area (Å²) in [6, 6.07) is 23.6. The lowest BCUT2D eigenvalue weighted by Crippen LogP contribution is -2.05. The number of carbonyl (C=O) groups is 1. The van der Waals surface area contributed by atoms with Crippen LogP contribution in [0.15, 0.2) is 72.8 Å². The molecule has 0 aliphatic heterocycles. The van der Waals surface area contributed by atoms with Gasteiger partial charge >= 0.3 is 6.16 Å². The van der Waals surface area contributed by atoms with E-state index >= 15 is 0 Å². The highest BCUT2D eigenvalue weighted by Gasteiger charge is 2.12. The van der Waals surface area contributed by atoms with Crippen molar-refractivity contribution in [2.24, 2.45) is 0 Å². The van der Waals surface area contributed by atoms with Gasteiger partial charge in [-0.3, -0.25) is 0 Å². The molecular weight excluding hydrogens is 408 g/mol. The predicted octanol–water partition coefficient (Wildman–Crippen LogP) is 6.45. The molecule has 0 aliphatic carbocycles. The van der Waals surface area contributed by atoms with Gasteiger partial charge in [0.1, 0.15) is 11.6 Å². The maximum Gasteiger partial charge on any atom is 0.511 e. The van der Waals surface area contributed by atoms with E-state index in [2.05, 4.69) is 35.8 Å². The second kappa shape index (κ2) is 9.71. The summed E-state index contributed by atoms with van der Waals surface area (Å²) in [7, 11) is 0.